The van der Waals surface area contributed by atoms with E-state index in [0.717, 1.165) is 23.6 Å². The highest BCUT2D eigenvalue weighted by atomic mass is 32.1. The van der Waals surface area contributed by atoms with E-state index in [1.54, 1.807) is 19.2 Å². The van der Waals surface area contributed by atoms with E-state index >= 15 is 0 Å². The molecule has 0 amide bonds. The third-order valence-electron chi connectivity index (χ3n) is 3.06. The van der Waals surface area contributed by atoms with Crippen LogP contribution in [0, 0.1) is 0 Å². The van der Waals surface area contributed by atoms with Gasteiger partial charge in [-0.3, -0.25) is 0 Å². The fraction of sp³-hybridized carbons (Fsp3) is 0.133. The van der Waals surface area contributed by atoms with Gasteiger partial charge in [0.05, 0.1) is 22.9 Å². The van der Waals surface area contributed by atoms with E-state index in [1.165, 1.54) is 17.4 Å². The van der Waals surface area contributed by atoms with Crippen molar-refractivity contribution in [2.45, 2.75) is 6.18 Å². The summed E-state index contributed by atoms with van der Waals surface area (Å²) in [5.74, 6) is 0.727. The number of hydrogen-bond acceptors (Lipinski definition) is 4. The molecule has 0 bridgehead atoms. The summed E-state index contributed by atoms with van der Waals surface area (Å²) in [5.41, 5.74) is 0.657. The molecule has 0 aliphatic heterocycles. The molecule has 0 aliphatic rings. The molecule has 3 aromatic rings. The number of methoxy groups -OCH3 is 1. The molecule has 3 rings (SSSR count). The van der Waals surface area contributed by atoms with Gasteiger partial charge in [0, 0.05) is 5.69 Å². The number of anilines is 2. The van der Waals surface area contributed by atoms with Crippen LogP contribution in [0.2, 0.25) is 0 Å². The van der Waals surface area contributed by atoms with E-state index in [-0.39, 0.29) is 0 Å². The molecule has 0 saturated heterocycles. The SMILES string of the molecule is COc1ccc(Nc2nc3ccc(C(F)(F)F)cc3s2)cc1. The summed E-state index contributed by atoms with van der Waals surface area (Å²) >= 11 is 1.18. The van der Waals surface area contributed by atoms with E-state index in [9.17, 15) is 13.2 Å². The zero-order valence-corrected chi connectivity index (χ0v) is 12.3. The number of fused-ring (bicyclic) bond motifs is 1. The fourth-order valence-electron chi connectivity index (χ4n) is 1.95. The summed E-state index contributed by atoms with van der Waals surface area (Å²) in [5, 5.41) is 3.61. The zero-order valence-electron chi connectivity index (χ0n) is 11.4. The molecule has 2 aromatic carbocycles. The normalized spacial score (nSPS) is 11.6. The van der Waals surface area contributed by atoms with Crippen LogP contribution in [0.15, 0.2) is 42.5 Å². The summed E-state index contributed by atoms with van der Waals surface area (Å²) < 4.78 is 43.6. The molecule has 0 unspecified atom stereocenters. The predicted octanol–water partition coefficient (Wildman–Crippen LogP) is 5.07. The van der Waals surface area contributed by atoms with Crippen molar-refractivity contribution in [2.24, 2.45) is 0 Å². The number of hydrogen-bond donors (Lipinski definition) is 1. The van der Waals surface area contributed by atoms with E-state index in [0.29, 0.717) is 15.3 Å². The smallest absolute Gasteiger partial charge is 0.416 e. The topological polar surface area (TPSA) is 34.1 Å². The molecule has 1 aromatic heterocycles. The van der Waals surface area contributed by atoms with Crippen molar-refractivity contribution < 1.29 is 17.9 Å². The molecule has 7 heteroatoms. The summed E-state index contributed by atoms with van der Waals surface area (Å²) in [6.45, 7) is 0. The summed E-state index contributed by atoms with van der Waals surface area (Å²) in [7, 11) is 1.58. The van der Waals surface area contributed by atoms with Gasteiger partial charge in [0.25, 0.3) is 0 Å². The third-order valence-corrected chi connectivity index (χ3v) is 3.99. The number of ether oxygens (including phenoxy) is 1. The molecule has 3 nitrogen and oxygen atoms in total. The Morgan fingerprint density at radius 2 is 1.82 bits per heavy atom. The average Bonchev–Trinajstić information content (AvgIpc) is 2.88. The van der Waals surface area contributed by atoms with Crippen molar-refractivity contribution in [1.82, 2.24) is 4.98 Å². The largest absolute Gasteiger partial charge is 0.497 e. The van der Waals surface area contributed by atoms with Gasteiger partial charge >= 0.3 is 6.18 Å². The first kappa shape index (κ1) is 14.6. The number of nitrogens with one attached hydrogen (secondary N) is 1. The van der Waals surface area contributed by atoms with Crippen LogP contribution >= 0.6 is 11.3 Å². The Balaban J connectivity index is 1.88. The van der Waals surface area contributed by atoms with Crippen molar-refractivity contribution >= 4 is 32.4 Å². The van der Waals surface area contributed by atoms with Crippen molar-refractivity contribution in [2.75, 3.05) is 12.4 Å². The predicted molar refractivity (Wildman–Crippen MR) is 80.9 cm³/mol. The summed E-state index contributed by atoms with van der Waals surface area (Å²) in [6, 6.07) is 10.7. The Labute approximate surface area is 128 Å². The van der Waals surface area contributed by atoms with Crippen LogP contribution in [-0.2, 0) is 6.18 Å². The van der Waals surface area contributed by atoms with Gasteiger partial charge in [-0.1, -0.05) is 11.3 Å². The number of aromatic nitrogens is 1. The van der Waals surface area contributed by atoms with Crippen LogP contribution in [0.25, 0.3) is 10.2 Å². The molecule has 0 atom stereocenters. The minimum absolute atomic E-state index is 0.492. The number of nitrogens with zero attached hydrogens (tertiary/aromatic N) is 1. The highest BCUT2D eigenvalue weighted by molar-refractivity contribution is 7.22. The maximum Gasteiger partial charge on any atom is 0.416 e. The highest BCUT2D eigenvalue weighted by Gasteiger charge is 2.30. The Bertz CT molecular complexity index is 797. The van der Waals surface area contributed by atoms with Gasteiger partial charge in [-0.05, 0) is 42.5 Å². The van der Waals surface area contributed by atoms with Crippen LogP contribution in [-0.4, -0.2) is 12.1 Å². The number of benzene rings is 2. The molecule has 0 fully saturated rings. The minimum Gasteiger partial charge on any atom is -0.497 e. The number of halogens is 3. The first-order chi connectivity index (χ1) is 10.5. The quantitative estimate of drug-likeness (QED) is 0.730. The second-order valence-electron chi connectivity index (χ2n) is 4.55. The lowest BCUT2D eigenvalue weighted by Crippen LogP contribution is -2.03. The second-order valence-corrected chi connectivity index (χ2v) is 5.58. The highest BCUT2D eigenvalue weighted by Crippen LogP contribution is 2.35. The molecule has 1 heterocycles. The van der Waals surface area contributed by atoms with E-state index < -0.39 is 11.7 Å². The lowest BCUT2D eigenvalue weighted by molar-refractivity contribution is -0.137. The summed E-state index contributed by atoms with van der Waals surface area (Å²) in [6.07, 6.45) is -4.35. The molecule has 1 N–H and O–H groups in total. The van der Waals surface area contributed by atoms with Crippen molar-refractivity contribution in [1.29, 1.82) is 0 Å². The molecule has 114 valence electrons. The Morgan fingerprint density at radius 1 is 1.09 bits per heavy atom. The Hall–Kier alpha value is -2.28. The average molecular weight is 324 g/mol. The fourth-order valence-corrected chi connectivity index (χ4v) is 2.88. The van der Waals surface area contributed by atoms with E-state index in [2.05, 4.69) is 10.3 Å². The van der Waals surface area contributed by atoms with Gasteiger partial charge in [-0.15, -0.1) is 0 Å². The third kappa shape index (κ3) is 2.99. The standard InChI is InChI=1S/C15H11F3N2OS/c1-21-11-5-3-10(4-6-11)19-14-20-12-7-2-9(15(16,17)18)8-13(12)22-14/h2-8H,1H3,(H,19,20). The molecule has 0 saturated carbocycles. The zero-order chi connectivity index (χ0) is 15.7. The van der Waals surface area contributed by atoms with Gasteiger partial charge in [0.15, 0.2) is 5.13 Å². The van der Waals surface area contributed by atoms with Crippen LogP contribution in [0.5, 0.6) is 5.75 Å². The Morgan fingerprint density at radius 3 is 2.45 bits per heavy atom. The number of thiazole rings is 1. The van der Waals surface area contributed by atoms with Gasteiger partial charge in [-0.25, -0.2) is 4.98 Å². The molecular weight excluding hydrogens is 313 g/mol. The van der Waals surface area contributed by atoms with Gasteiger partial charge in [0.2, 0.25) is 0 Å². The second kappa shape index (κ2) is 5.49. The van der Waals surface area contributed by atoms with Crippen molar-refractivity contribution in [3.63, 3.8) is 0 Å². The molecule has 0 radical (unpaired) electrons. The maximum atomic E-state index is 12.7. The molecular formula is C15H11F3N2OS. The van der Waals surface area contributed by atoms with Crippen LogP contribution in [0.1, 0.15) is 5.56 Å². The van der Waals surface area contributed by atoms with E-state index in [1.807, 2.05) is 12.1 Å². The van der Waals surface area contributed by atoms with Gasteiger partial charge in [0.1, 0.15) is 5.75 Å². The number of rotatable bonds is 3. The van der Waals surface area contributed by atoms with Gasteiger partial charge in [-0.2, -0.15) is 13.2 Å². The van der Waals surface area contributed by atoms with E-state index in [4.69, 9.17) is 4.74 Å². The Kier molecular flexibility index (Phi) is 3.66. The van der Waals surface area contributed by atoms with Gasteiger partial charge < -0.3 is 10.1 Å². The molecule has 0 spiro atoms. The lowest BCUT2D eigenvalue weighted by atomic mass is 10.2. The van der Waals surface area contributed by atoms with Crippen LogP contribution in [0.4, 0.5) is 24.0 Å². The lowest BCUT2D eigenvalue weighted by Gasteiger charge is -2.04. The van der Waals surface area contributed by atoms with Crippen LogP contribution < -0.4 is 10.1 Å². The van der Waals surface area contributed by atoms with Crippen molar-refractivity contribution in [3.05, 3.63) is 48.0 Å². The minimum atomic E-state index is -4.35. The summed E-state index contributed by atoms with van der Waals surface area (Å²) in [4.78, 5) is 4.28. The molecule has 22 heavy (non-hydrogen) atoms. The molecule has 0 aliphatic carbocycles. The van der Waals surface area contributed by atoms with Crippen molar-refractivity contribution in [3.8, 4) is 5.75 Å². The first-order valence-electron chi connectivity index (χ1n) is 6.34. The number of alkyl halides is 3. The van der Waals surface area contributed by atoms with Crippen LogP contribution in [0.3, 0.4) is 0 Å². The first-order valence-corrected chi connectivity index (χ1v) is 7.16. The maximum absolute atomic E-state index is 12.7. The monoisotopic (exact) mass is 324 g/mol.